The number of pyridine rings is 1. The first-order valence-electron chi connectivity index (χ1n) is 5.19. The molecule has 1 aromatic rings. The summed E-state index contributed by atoms with van der Waals surface area (Å²) in [5.74, 6) is 0.690. The van der Waals surface area contributed by atoms with Gasteiger partial charge in [-0.3, -0.25) is 10.1 Å². The van der Waals surface area contributed by atoms with Crippen molar-refractivity contribution in [3.63, 3.8) is 0 Å². The van der Waals surface area contributed by atoms with Gasteiger partial charge < -0.3 is 10.4 Å². The number of hydrogen-bond acceptors (Lipinski definition) is 5. The van der Waals surface area contributed by atoms with Crippen molar-refractivity contribution in [1.29, 1.82) is 0 Å². The van der Waals surface area contributed by atoms with Crippen molar-refractivity contribution in [3.8, 4) is 0 Å². The van der Waals surface area contributed by atoms with Crippen LogP contribution in [0.3, 0.4) is 0 Å². The molecular formula is C10H14ClN3O3. The van der Waals surface area contributed by atoms with Gasteiger partial charge in [-0.05, 0) is 12.3 Å². The zero-order valence-corrected chi connectivity index (χ0v) is 10.1. The third kappa shape index (κ3) is 4.16. The van der Waals surface area contributed by atoms with Gasteiger partial charge in [0.15, 0.2) is 0 Å². The van der Waals surface area contributed by atoms with Crippen LogP contribution in [0.5, 0.6) is 0 Å². The number of anilines is 1. The fraction of sp³-hybridized carbons (Fsp3) is 0.500. The minimum atomic E-state index is -0.545. The van der Waals surface area contributed by atoms with Crippen LogP contribution in [0.2, 0.25) is 5.02 Å². The van der Waals surface area contributed by atoms with Gasteiger partial charge >= 0.3 is 0 Å². The Hall–Kier alpha value is -1.40. The van der Waals surface area contributed by atoms with E-state index in [0.29, 0.717) is 18.8 Å². The van der Waals surface area contributed by atoms with Gasteiger partial charge in [-0.25, -0.2) is 4.98 Å². The second kappa shape index (κ2) is 6.36. The van der Waals surface area contributed by atoms with Crippen LogP contribution in [-0.2, 0) is 0 Å². The van der Waals surface area contributed by atoms with Crippen molar-refractivity contribution in [2.75, 3.05) is 18.5 Å². The number of aliphatic hydroxyl groups is 1. The number of aliphatic hydroxyl groups excluding tert-OH is 1. The fourth-order valence-corrected chi connectivity index (χ4v) is 1.48. The Labute approximate surface area is 104 Å². The van der Waals surface area contributed by atoms with Crippen LogP contribution in [0.15, 0.2) is 12.3 Å². The van der Waals surface area contributed by atoms with Gasteiger partial charge in [-0.1, -0.05) is 18.5 Å². The third-order valence-corrected chi connectivity index (χ3v) is 2.57. The molecule has 0 aliphatic carbocycles. The first-order chi connectivity index (χ1) is 8.04. The Morgan fingerprint density at radius 1 is 1.71 bits per heavy atom. The summed E-state index contributed by atoms with van der Waals surface area (Å²) in [7, 11) is 0. The second-order valence-electron chi connectivity index (χ2n) is 3.78. The molecule has 2 N–H and O–H groups in total. The van der Waals surface area contributed by atoms with Crippen LogP contribution in [-0.4, -0.2) is 28.2 Å². The second-order valence-corrected chi connectivity index (χ2v) is 4.19. The van der Waals surface area contributed by atoms with E-state index >= 15 is 0 Å². The molecule has 7 heteroatoms. The van der Waals surface area contributed by atoms with Gasteiger partial charge in [-0.2, -0.15) is 0 Å². The molecule has 1 unspecified atom stereocenters. The van der Waals surface area contributed by atoms with Crippen LogP contribution >= 0.6 is 11.6 Å². The SMILES string of the molecule is CC(CCO)CNc1ncc([N+](=O)[O-])cc1Cl. The number of nitrogens with zero attached hydrogens (tertiary/aromatic N) is 2. The van der Waals surface area contributed by atoms with Crippen molar-refractivity contribution < 1.29 is 10.0 Å². The molecule has 94 valence electrons. The van der Waals surface area contributed by atoms with E-state index in [0.717, 1.165) is 6.20 Å². The Morgan fingerprint density at radius 2 is 2.41 bits per heavy atom. The predicted molar refractivity (Wildman–Crippen MR) is 65.3 cm³/mol. The molecule has 1 aromatic heterocycles. The van der Waals surface area contributed by atoms with E-state index in [2.05, 4.69) is 10.3 Å². The van der Waals surface area contributed by atoms with Gasteiger partial charge in [0.25, 0.3) is 5.69 Å². The molecular weight excluding hydrogens is 246 g/mol. The summed E-state index contributed by atoms with van der Waals surface area (Å²) in [6.45, 7) is 2.71. The lowest BCUT2D eigenvalue weighted by Crippen LogP contribution is -2.13. The van der Waals surface area contributed by atoms with Crippen LogP contribution < -0.4 is 5.32 Å². The molecule has 0 aliphatic heterocycles. The Kier molecular flexibility index (Phi) is 5.11. The molecule has 0 saturated heterocycles. The normalized spacial score (nSPS) is 12.2. The quantitative estimate of drug-likeness (QED) is 0.603. The van der Waals surface area contributed by atoms with Crippen LogP contribution in [0.25, 0.3) is 0 Å². The fourth-order valence-electron chi connectivity index (χ4n) is 1.25. The highest BCUT2D eigenvalue weighted by Gasteiger charge is 2.11. The zero-order chi connectivity index (χ0) is 12.8. The number of halogens is 1. The maximum Gasteiger partial charge on any atom is 0.289 e. The highest BCUT2D eigenvalue weighted by Crippen LogP contribution is 2.23. The average Bonchev–Trinajstić information content (AvgIpc) is 2.27. The lowest BCUT2D eigenvalue weighted by atomic mass is 10.1. The largest absolute Gasteiger partial charge is 0.396 e. The molecule has 6 nitrogen and oxygen atoms in total. The van der Waals surface area contributed by atoms with Gasteiger partial charge in [0, 0.05) is 19.2 Å². The predicted octanol–water partition coefficient (Wildman–Crippen LogP) is 2.07. The molecule has 0 aliphatic rings. The number of rotatable bonds is 6. The van der Waals surface area contributed by atoms with Gasteiger partial charge in [0.05, 0.1) is 9.95 Å². The zero-order valence-electron chi connectivity index (χ0n) is 9.39. The lowest BCUT2D eigenvalue weighted by Gasteiger charge is -2.12. The summed E-state index contributed by atoms with van der Waals surface area (Å²) < 4.78 is 0. The molecule has 0 aromatic carbocycles. The summed E-state index contributed by atoms with van der Waals surface area (Å²) in [4.78, 5) is 13.8. The van der Waals surface area contributed by atoms with Crippen LogP contribution in [0.4, 0.5) is 11.5 Å². The maximum atomic E-state index is 10.5. The Bertz CT molecular complexity index is 400. The number of nitro groups is 1. The molecule has 1 heterocycles. The van der Waals surface area contributed by atoms with Gasteiger partial charge in [0.1, 0.15) is 12.0 Å². The number of nitrogens with one attached hydrogen (secondary N) is 1. The third-order valence-electron chi connectivity index (χ3n) is 2.28. The van der Waals surface area contributed by atoms with Crippen molar-refractivity contribution >= 4 is 23.1 Å². The molecule has 1 atom stereocenters. The first kappa shape index (κ1) is 13.7. The minimum absolute atomic E-state index is 0.129. The van der Waals surface area contributed by atoms with E-state index in [-0.39, 0.29) is 23.2 Å². The molecule has 17 heavy (non-hydrogen) atoms. The van der Waals surface area contributed by atoms with Gasteiger partial charge in [-0.15, -0.1) is 0 Å². The summed E-state index contributed by atoms with van der Waals surface area (Å²) in [6, 6.07) is 1.26. The van der Waals surface area contributed by atoms with E-state index in [1.54, 1.807) is 0 Å². The molecule has 0 radical (unpaired) electrons. The monoisotopic (exact) mass is 259 g/mol. The lowest BCUT2D eigenvalue weighted by molar-refractivity contribution is -0.385. The Morgan fingerprint density at radius 3 is 2.94 bits per heavy atom. The Balaban J connectivity index is 2.63. The van der Waals surface area contributed by atoms with E-state index in [9.17, 15) is 10.1 Å². The molecule has 0 saturated carbocycles. The van der Waals surface area contributed by atoms with E-state index in [4.69, 9.17) is 16.7 Å². The first-order valence-corrected chi connectivity index (χ1v) is 5.57. The summed E-state index contributed by atoms with van der Waals surface area (Å²) in [6.07, 6.45) is 1.84. The average molecular weight is 260 g/mol. The van der Waals surface area contributed by atoms with E-state index in [1.165, 1.54) is 6.07 Å². The van der Waals surface area contributed by atoms with Crippen molar-refractivity contribution in [2.45, 2.75) is 13.3 Å². The van der Waals surface area contributed by atoms with E-state index in [1.807, 2.05) is 6.92 Å². The van der Waals surface area contributed by atoms with E-state index < -0.39 is 4.92 Å². The van der Waals surface area contributed by atoms with Crippen molar-refractivity contribution in [3.05, 3.63) is 27.4 Å². The van der Waals surface area contributed by atoms with Gasteiger partial charge in [0.2, 0.25) is 0 Å². The standard InChI is InChI=1S/C10H14ClN3O3/c1-7(2-3-15)5-12-10-9(11)4-8(6-13-10)14(16)17/h4,6-7,15H,2-3,5H2,1H3,(H,12,13). The van der Waals surface area contributed by atoms with Crippen LogP contribution in [0, 0.1) is 16.0 Å². The molecule has 0 spiro atoms. The minimum Gasteiger partial charge on any atom is -0.396 e. The van der Waals surface area contributed by atoms with Crippen molar-refractivity contribution in [1.82, 2.24) is 4.98 Å². The molecule has 0 amide bonds. The molecule has 0 fully saturated rings. The number of hydrogen-bond donors (Lipinski definition) is 2. The summed E-state index contributed by atoms with van der Waals surface area (Å²) in [5, 5.41) is 22.4. The van der Waals surface area contributed by atoms with Crippen LogP contribution in [0.1, 0.15) is 13.3 Å². The topological polar surface area (TPSA) is 88.3 Å². The smallest absolute Gasteiger partial charge is 0.289 e. The summed E-state index contributed by atoms with van der Waals surface area (Å²) >= 11 is 5.86. The molecule has 0 bridgehead atoms. The molecule has 1 rings (SSSR count). The summed E-state index contributed by atoms with van der Waals surface area (Å²) in [5.41, 5.74) is -0.135. The maximum absolute atomic E-state index is 10.5. The number of aromatic nitrogens is 1. The highest BCUT2D eigenvalue weighted by molar-refractivity contribution is 6.33. The highest BCUT2D eigenvalue weighted by atomic mass is 35.5. The van der Waals surface area contributed by atoms with Crippen molar-refractivity contribution in [2.24, 2.45) is 5.92 Å².